The van der Waals surface area contributed by atoms with Gasteiger partial charge in [-0.3, -0.25) is 14.9 Å². The van der Waals surface area contributed by atoms with Gasteiger partial charge >= 0.3 is 5.88 Å². The molecule has 0 aliphatic carbocycles. The molecule has 1 aliphatic heterocycles. The summed E-state index contributed by atoms with van der Waals surface area (Å²) in [5.41, 5.74) is -0.543. The lowest BCUT2D eigenvalue weighted by Crippen LogP contribution is -2.53. The van der Waals surface area contributed by atoms with Gasteiger partial charge in [0.2, 0.25) is 0 Å². The van der Waals surface area contributed by atoms with Crippen molar-refractivity contribution in [2.75, 3.05) is 19.1 Å². The van der Waals surface area contributed by atoms with E-state index in [0.717, 1.165) is 6.07 Å². The number of amides is 1. The number of rotatable bonds is 4. The first-order chi connectivity index (χ1) is 9.06. The van der Waals surface area contributed by atoms with Crippen LogP contribution in [0.4, 0.5) is 5.88 Å². The van der Waals surface area contributed by atoms with Gasteiger partial charge in [-0.05, 0) is 18.9 Å². The standard InChI is InChI=1S/C11H13ClN2O5/c12-7-11(3-5-18-6-4-11)13-10(15)8-1-2-9(19-8)14(16)17/h1-2H,3-7H2,(H,13,15). The Hall–Kier alpha value is -1.60. The number of nitrogens with one attached hydrogen (secondary N) is 1. The second-order valence-corrected chi connectivity index (χ2v) is 4.64. The Balaban J connectivity index is 2.08. The molecule has 0 bridgehead atoms. The minimum Gasteiger partial charge on any atom is -0.395 e. The minimum absolute atomic E-state index is 0.0947. The summed E-state index contributed by atoms with van der Waals surface area (Å²) in [4.78, 5) is 21.8. The van der Waals surface area contributed by atoms with E-state index in [9.17, 15) is 14.9 Å². The Morgan fingerprint density at radius 1 is 1.47 bits per heavy atom. The summed E-state index contributed by atoms with van der Waals surface area (Å²) in [7, 11) is 0. The van der Waals surface area contributed by atoms with E-state index >= 15 is 0 Å². The van der Waals surface area contributed by atoms with Crippen molar-refractivity contribution in [2.45, 2.75) is 18.4 Å². The Morgan fingerprint density at radius 2 is 2.16 bits per heavy atom. The number of nitrogens with zero attached hydrogens (tertiary/aromatic N) is 1. The molecule has 1 fully saturated rings. The smallest absolute Gasteiger partial charge is 0.395 e. The molecule has 1 aromatic rings. The number of hydrogen-bond donors (Lipinski definition) is 1. The number of hydrogen-bond acceptors (Lipinski definition) is 5. The van der Waals surface area contributed by atoms with E-state index in [1.54, 1.807) is 0 Å². The van der Waals surface area contributed by atoms with Crippen molar-refractivity contribution >= 4 is 23.4 Å². The number of nitro groups is 1. The number of carbonyl (C=O) groups is 1. The van der Waals surface area contributed by atoms with Crippen molar-refractivity contribution in [3.63, 3.8) is 0 Å². The molecule has 8 heteroatoms. The van der Waals surface area contributed by atoms with Gasteiger partial charge < -0.3 is 14.5 Å². The number of carbonyl (C=O) groups excluding carboxylic acids is 1. The SMILES string of the molecule is O=C(NC1(CCl)CCOCC1)c1ccc([N+](=O)[O-])o1. The van der Waals surface area contributed by atoms with Crippen LogP contribution in [0.2, 0.25) is 0 Å². The van der Waals surface area contributed by atoms with Gasteiger partial charge in [0.05, 0.1) is 11.6 Å². The van der Waals surface area contributed by atoms with Crippen molar-refractivity contribution in [1.29, 1.82) is 0 Å². The molecular weight excluding hydrogens is 276 g/mol. The lowest BCUT2D eigenvalue weighted by atomic mass is 9.92. The third-order valence-electron chi connectivity index (χ3n) is 3.08. The summed E-state index contributed by atoms with van der Waals surface area (Å²) < 4.78 is 10.1. The molecule has 0 aromatic carbocycles. The summed E-state index contributed by atoms with van der Waals surface area (Å²) in [6.45, 7) is 1.04. The van der Waals surface area contributed by atoms with Crippen molar-refractivity contribution < 1.29 is 18.9 Å². The van der Waals surface area contributed by atoms with Crippen LogP contribution in [-0.4, -0.2) is 35.5 Å². The fourth-order valence-corrected chi connectivity index (χ4v) is 2.24. The van der Waals surface area contributed by atoms with Gasteiger partial charge in [0.15, 0.2) is 5.76 Å². The molecule has 0 saturated carbocycles. The van der Waals surface area contributed by atoms with Gasteiger partial charge in [-0.2, -0.15) is 0 Å². The van der Waals surface area contributed by atoms with Crippen LogP contribution in [0.1, 0.15) is 23.4 Å². The molecule has 104 valence electrons. The van der Waals surface area contributed by atoms with E-state index in [4.69, 9.17) is 20.8 Å². The van der Waals surface area contributed by atoms with Gasteiger partial charge in [0.25, 0.3) is 5.91 Å². The molecule has 0 spiro atoms. The quantitative estimate of drug-likeness (QED) is 0.517. The molecule has 1 saturated heterocycles. The van der Waals surface area contributed by atoms with Gasteiger partial charge in [0, 0.05) is 19.1 Å². The maximum atomic E-state index is 12.0. The third kappa shape index (κ3) is 3.05. The van der Waals surface area contributed by atoms with E-state index in [1.165, 1.54) is 6.07 Å². The molecule has 2 rings (SSSR count). The van der Waals surface area contributed by atoms with Crippen LogP contribution in [0.3, 0.4) is 0 Å². The second-order valence-electron chi connectivity index (χ2n) is 4.38. The second kappa shape index (κ2) is 5.58. The average Bonchev–Trinajstić information content (AvgIpc) is 2.89. The number of alkyl halides is 1. The van der Waals surface area contributed by atoms with Crippen LogP contribution in [0.25, 0.3) is 0 Å². The lowest BCUT2D eigenvalue weighted by Gasteiger charge is -2.35. The number of halogens is 1. The zero-order valence-corrected chi connectivity index (χ0v) is 10.8. The monoisotopic (exact) mass is 288 g/mol. The first-order valence-corrected chi connectivity index (χ1v) is 6.30. The molecule has 2 heterocycles. The largest absolute Gasteiger partial charge is 0.433 e. The fraction of sp³-hybridized carbons (Fsp3) is 0.545. The topological polar surface area (TPSA) is 94.6 Å². The Morgan fingerprint density at radius 3 is 2.68 bits per heavy atom. The molecule has 0 radical (unpaired) electrons. The minimum atomic E-state index is -0.692. The zero-order valence-electron chi connectivity index (χ0n) is 10.1. The maximum absolute atomic E-state index is 12.0. The summed E-state index contributed by atoms with van der Waals surface area (Å²) in [5.74, 6) is -0.805. The van der Waals surface area contributed by atoms with Crippen molar-refractivity contribution in [2.24, 2.45) is 0 Å². The van der Waals surface area contributed by atoms with Crippen molar-refractivity contribution in [1.82, 2.24) is 5.32 Å². The van der Waals surface area contributed by atoms with Crippen LogP contribution < -0.4 is 5.32 Å². The Kier molecular flexibility index (Phi) is 4.06. The van der Waals surface area contributed by atoms with E-state index < -0.39 is 22.3 Å². The van der Waals surface area contributed by atoms with Crippen LogP contribution in [0.5, 0.6) is 0 Å². The van der Waals surface area contributed by atoms with E-state index in [2.05, 4.69) is 5.32 Å². The van der Waals surface area contributed by atoms with Gasteiger partial charge in [-0.15, -0.1) is 11.6 Å². The highest BCUT2D eigenvalue weighted by atomic mass is 35.5. The van der Waals surface area contributed by atoms with Gasteiger partial charge in [-0.25, -0.2) is 0 Å². The van der Waals surface area contributed by atoms with Crippen LogP contribution in [-0.2, 0) is 4.74 Å². The molecule has 1 aliphatic rings. The van der Waals surface area contributed by atoms with Crippen LogP contribution in [0, 0.1) is 10.1 Å². The predicted octanol–water partition coefficient (Wildman–Crippen LogP) is 1.71. The van der Waals surface area contributed by atoms with E-state index in [0.29, 0.717) is 26.1 Å². The zero-order chi connectivity index (χ0) is 13.9. The van der Waals surface area contributed by atoms with E-state index in [-0.39, 0.29) is 11.6 Å². The number of ether oxygens (including phenoxy) is 1. The first kappa shape index (κ1) is 13.8. The normalized spacial score (nSPS) is 17.9. The molecule has 0 atom stereocenters. The van der Waals surface area contributed by atoms with Crippen LogP contribution >= 0.6 is 11.6 Å². The molecular formula is C11H13ClN2O5. The highest BCUT2D eigenvalue weighted by Gasteiger charge is 2.34. The maximum Gasteiger partial charge on any atom is 0.433 e. The Labute approximate surface area is 114 Å². The summed E-state index contributed by atoms with van der Waals surface area (Å²) in [6, 6.07) is 2.42. The highest BCUT2D eigenvalue weighted by molar-refractivity contribution is 6.18. The predicted molar refractivity (Wildman–Crippen MR) is 66.3 cm³/mol. The number of furan rings is 1. The molecule has 1 aromatic heterocycles. The average molecular weight is 289 g/mol. The molecule has 1 N–H and O–H groups in total. The molecule has 19 heavy (non-hydrogen) atoms. The first-order valence-electron chi connectivity index (χ1n) is 5.77. The Bertz CT molecular complexity index is 481. The summed E-state index contributed by atoms with van der Waals surface area (Å²) in [6.07, 6.45) is 1.20. The summed E-state index contributed by atoms with van der Waals surface area (Å²) >= 11 is 5.92. The van der Waals surface area contributed by atoms with Crippen LogP contribution in [0.15, 0.2) is 16.5 Å². The molecule has 0 unspecified atom stereocenters. The third-order valence-corrected chi connectivity index (χ3v) is 3.59. The van der Waals surface area contributed by atoms with Crippen molar-refractivity contribution in [3.8, 4) is 0 Å². The highest BCUT2D eigenvalue weighted by Crippen LogP contribution is 2.24. The molecule has 7 nitrogen and oxygen atoms in total. The molecule has 1 amide bonds. The van der Waals surface area contributed by atoms with Gasteiger partial charge in [-0.1, -0.05) is 0 Å². The lowest BCUT2D eigenvalue weighted by molar-refractivity contribution is -0.402. The van der Waals surface area contributed by atoms with Crippen molar-refractivity contribution in [3.05, 3.63) is 28.0 Å². The fourth-order valence-electron chi connectivity index (χ4n) is 1.90. The summed E-state index contributed by atoms with van der Waals surface area (Å²) in [5, 5.41) is 13.3. The van der Waals surface area contributed by atoms with Gasteiger partial charge in [0.1, 0.15) is 4.92 Å². The van der Waals surface area contributed by atoms with E-state index in [1.807, 2.05) is 0 Å².